The topological polar surface area (TPSA) is 54.5 Å². The van der Waals surface area contributed by atoms with E-state index in [-0.39, 0.29) is 6.61 Å². The van der Waals surface area contributed by atoms with Gasteiger partial charge in [0.25, 0.3) is 0 Å². The third-order valence-electron chi connectivity index (χ3n) is 2.44. The minimum atomic E-state index is 0.140. The Kier molecular flexibility index (Phi) is 4.94. The first-order valence-corrected chi connectivity index (χ1v) is 5.84. The van der Waals surface area contributed by atoms with Gasteiger partial charge in [0, 0.05) is 0 Å². The van der Waals surface area contributed by atoms with Crippen LogP contribution in [0.4, 0.5) is 0 Å². The molecule has 0 aliphatic carbocycles. The SMILES string of the molecule is C(OCC1CO1)C1CO1.OCc1ccccc1. The van der Waals surface area contributed by atoms with Crippen LogP contribution in [0, 0.1) is 0 Å². The van der Waals surface area contributed by atoms with Crippen molar-refractivity contribution in [2.45, 2.75) is 18.8 Å². The average molecular weight is 238 g/mol. The zero-order valence-corrected chi connectivity index (χ0v) is 9.75. The molecule has 0 bridgehead atoms. The van der Waals surface area contributed by atoms with Crippen LogP contribution >= 0.6 is 0 Å². The van der Waals surface area contributed by atoms with E-state index < -0.39 is 0 Å². The van der Waals surface area contributed by atoms with Crippen LogP contribution in [0.3, 0.4) is 0 Å². The van der Waals surface area contributed by atoms with Crippen molar-refractivity contribution >= 4 is 0 Å². The summed E-state index contributed by atoms with van der Waals surface area (Å²) in [6.07, 6.45) is 0.785. The first-order valence-electron chi connectivity index (χ1n) is 5.84. The van der Waals surface area contributed by atoms with Crippen molar-refractivity contribution < 1.29 is 19.3 Å². The molecular weight excluding hydrogens is 220 g/mol. The highest BCUT2D eigenvalue weighted by atomic mass is 16.6. The molecule has 1 aromatic carbocycles. The van der Waals surface area contributed by atoms with E-state index in [0.29, 0.717) is 12.2 Å². The Balaban J connectivity index is 0.000000128. The highest BCUT2D eigenvalue weighted by Crippen LogP contribution is 2.12. The lowest BCUT2D eigenvalue weighted by Crippen LogP contribution is -2.06. The summed E-state index contributed by atoms with van der Waals surface area (Å²) in [5.74, 6) is 0. The molecule has 2 aliphatic rings. The van der Waals surface area contributed by atoms with Gasteiger partial charge in [-0.2, -0.15) is 0 Å². The summed E-state index contributed by atoms with van der Waals surface area (Å²) in [5.41, 5.74) is 0.965. The van der Waals surface area contributed by atoms with Gasteiger partial charge in [-0.15, -0.1) is 0 Å². The molecule has 2 heterocycles. The lowest BCUT2D eigenvalue weighted by atomic mass is 10.2. The van der Waals surface area contributed by atoms with E-state index in [4.69, 9.17) is 19.3 Å². The van der Waals surface area contributed by atoms with Crippen LogP contribution in [0.2, 0.25) is 0 Å². The summed E-state index contributed by atoms with van der Waals surface area (Å²) in [5, 5.41) is 8.54. The molecule has 1 aromatic rings. The molecule has 4 nitrogen and oxygen atoms in total. The van der Waals surface area contributed by atoms with Gasteiger partial charge < -0.3 is 19.3 Å². The van der Waals surface area contributed by atoms with Gasteiger partial charge >= 0.3 is 0 Å². The van der Waals surface area contributed by atoms with Crippen molar-refractivity contribution in [2.24, 2.45) is 0 Å². The van der Waals surface area contributed by atoms with Crippen LogP contribution < -0.4 is 0 Å². The molecule has 4 heteroatoms. The standard InChI is InChI=1S/C7H8O.C6H10O3/c8-6-7-4-2-1-3-5-7;1(5-3-8-5)7-2-6-4-9-6/h1-5,8H,6H2;5-6H,1-4H2. The predicted octanol–water partition coefficient (Wildman–Crippen LogP) is 0.979. The minimum absolute atomic E-state index is 0.140. The van der Waals surface area contributed by atoms with Crippen LogP contribution in [-0.4, -0.2) is 43.7 Å². The Morgan fingerprint density at radius 2 is 1.59 bits per heavy atom. The normalized spacial score (nSPS) is 24.8. The van der Waals surface area contributed by atoms with Gasteiger partial charge in [0.15, 0.2) is 0 Å². The number of epoxide rings is 2. The van der Waals surface area contributed by atoms with Gasteiger partial charge in [-0.05, 0) is 5.56 Å². The van der Waals surface area contributed by atoms with Crippen LogP contribution in [-0.2, 0) is 20.8 Å². The van der Waals surface area contributed by atoms with E-state index in [1.54, 1.807) is 0 Å². The molecule has 3 rings (SSSR count). The van der Waals surface area contributed by atoms with Crippen LogP contribution in [0.5, 0.6) is 0 Å². The number of aliphatic hydroxyl groups excluding tert-OH is 1. The summed E-state index contributed by atoms with van der Waals surface area (Å²) < 4.78 is 15.1. The lowest BCUT2D eigenvalue weighted by molar-refractivity contribution is 0.102. The molecule has 2 aliphatic heterocycles. The van der Waals surface area contributed by atoms with Crippen LogP contribution in [0.1, 0.15) is 5.56 Å². The van der Waals surface area contributed by atoms with Gasteiger partial charge in [-0.25, -0.2) is 0 Å². The van der Waals surface area contributed by atoms with Crippen molar-refractivity contribution in [1.82, 2.24) is 0 Å². The number of aliphatic hydroxyl groups is 1. The molecule has 0 amide bonds. The van der Waals surface area contributed by atoms with E-state index in [0.717, 1.165) is 32.0 Å². The molecule has 2 saturated heterocycles. The summed E-state index contributed by atoms with van der Waals surface area (Å²) >= 11 is 0. The monoisotopic (exact) mass is 238 g/mol. The van der Waals surface area contributed by atoms with Crippen molar-refractivity contribution in [2.75, 3.05) is 26.4 Å². The molecule has 1 N–H and O–H groups in total. The van der Waals surface area contributed by atoms with Crippen molar-refractivity contribution in [3.63, 3.8) is 0 Å². The number of ether oxygens (including phenoxy) is 3. The van der Waals surface area contributed by atoms with Gasteiger partial charge in [0.05, 0.1) is 33.0 Å². The van der Waals surface area contributed by atoms with Gasteiger partial charge in [-0.3, -0.25) is 0 Å². The predicted molar refractivity (Wildman–Crippen MR) is 62.7 cm³/mol. The third kappa shape index (κ3) is 5.79. The smallest absolute Gasteiger partial charge is 0.104 e. The zero-order valence-electron chi connectivity index (χ0n) is 9.75. The molecule has 94 valence electrons. The zero-order chi connectivity index (χ0) is 11.9. The Hall–Kier alpha value is -0.940. The molecule has 0 radical (unpaired) electrons. The summed E-state index contributed by atoms with van der Waals surface area (Å²) in [4.78, 5) is 0. The quantitative estimate of drug-likeness (QED) is 0.777. The Bertz CT molecular complexity index is 294. The maximum absolute atomic E-state index is 8.54. The Morgan fingerprint density at radius 3 is 1.94 bits per heavy atom. The minimum Gasteiger partial charge on any atom is -0.392 e. The second kappa shape index (κ2) is 6.71. The maximum atomic E-state index is 8.54. The Labute approximate surface area is 101 Å². The molecule has 2 fully saturated rings. The molecule has 0 aromatic heterocycles. The largest absolute Gasteiger partial charge is 0.392 e. The van der Waals surface area contributed by atoms with Gasteiger partial charge in [-0.1, -0.05) is 30.3 Å². The van der Waals surface area contributed by atoms with Crippen molar-refractivity contribution in [1.29, 1.82) is 0 Å². The van der Waals surface area contributed by atoms with Crippen molar-refractivity contribution in [3.05, 3.63) is 35.9 Å². The van der Waals surface area contributed by atoms with E-state index in [9.17, 15) is 0 Å². The number of hydrogen-bond acceptors (Lipinski definition) is 4. The number of hydrogen-bond donors (Lipinski definition) is 1. The van der Waals surface area contributed by atoms with Crippen LogP contribution in [0.15, 0.2) is 30.3 Å². The fraction of sp³-hybridized carbons (Fsp3) is 0.538. The van der Waals surface area contributed by atoms with E-state index >= 15 is 0 Å². The number of benzene rings is 1. The summed E-state index contributed by atoms with van der Waals surface area (Å²) in [7, 11) is 0. The van der Waals surface area contributed by atoms with Crippen molar-refractivity contribution in [3.8, 4) is 0 Å². The molecule has 0 spiro atoms. The molecule has 17 heavy (non-hydrogen) atoms. The van der Waals surface area contributed by atoms with E-state index in [1.807, 2.05) is 30.3 Å². The molecule has 0 saturated carbocycles. The van der Waals surface area contributed by atoms with E-state index in [2.05, 4.69) is 0 Å². The van der Waals surface area contributed by atoms with E-state index in [1.165, 1.54) is 0 Å². The molecule has 2 unspecified atom stereocenters. The molecular formula is C13H18O4. The second-order valence-corrected chi connectivity index (χ2v) is 4.09. The highest BCUT2D eigenvalue weighted by molar-refractivity contribution is 5.12. The summed E-state index contributed by atoms with van der Waals surface area (Å²) in [6.45, 7) is 3.40. The molecule has 2 atom stereocenters. The first kappa shape index (κ1) is 12.5. The first-order chi connectivity index (χ1) is 8.38. The van der Waals surface area contributed by atoms with Gasteiger partial charge in [0.1, 0.15) is 12.2 Å². The average Bonchev–Trinajstić information content (AvgIpc) is 3.25. The van der Waals surface area contributed by atoms with Crippen LogP contribution in [0.25, 0.3) is 0 Å². The third-order valence-corrected chi connectivity index (χ3v) is 2.44. The fourth-order valence-corrected chi connectivity index (χ4v) is 1.24. The summed E-state index contributed by atoms with van der Waals surface area (Å²) in [6, 6.07) is 9.52. The fourth-order valence-electron chi connectivity index (χ4n) is 1.24. The second-order valence-electron chi connectivity index (χ2n) is 4.09. The number of rotatable bonds is 5. The Morgan fingerprint density at radius 1 is 1.06 bits per heavy atom. The highest BCUT2D eigenvalue weighted by Gasteiger charge is 2.26. The lowest BCUT2D eigenvalue weighted by Gasteiger charge is -1.95. The maximum Gasteiger partial charge on any atom is 0.104 e. The van der Waals surface area contributed by atoms with Gasteiger partial charge in [0.2, 0.25) is 0 Å².